The van der Waals surface area contributed by atoms with Gasteiger partial charge in [-0.15, -0.1) is 0 Å². The molecule has 0 bridgehead atoms. The molecule has 0 saturated carbocycles. The number of pyridine rings is 1. The van der Waals surface area contributed by atoms with E-state index < -0.39 is 0 Å². The monoisotopic (exact) mass is 314 g/mol. The van der Waals surface area contributed by atoms with E-state index in [2.05, 4.69) is 19.1 Å². The Hall–Kier alpha value is -3.12. The normalized spacial score (nSPS) is 11.7. The van der Waals surface area contributed by atoms with Gasteiger partial charge in [-0.1, -0.05) is 18.2 Å². The van der Waals surface area contributed by atoms with Gasteiger partial charge < -0.3 is 4.42 Å². The van der Waals surface area contributed by atoms with Crippen LogP contribution in [0.15, 0.2) is 53.1 Å². The van der Waals surface area contributed by atoms with Crippen LogP contribution in [0.2, 0.25) is 0 Å². The lowest BCUT2D eigenvalue weighted by molar-refractivity contribution is -0.660. The van der Waals surface area contributed by atoms with Crippen molar-refractivity contribution in [2.45, 2.75) is 13.8 Å². The number of nitriles is 1. The Balaban J connectivity index is 2.17. The van der Waals surface area contributed by atoms with Gasteiger partial charge in [-0.25, -0.2) is 4.57 Å². The Morgan fingerprint density at radius 3 is 2.83 bits per heavy atom. The van der Waals surface area contributed by atoms with Crippen LogP contribution in [0.25, 0.3) is 33.2 Å². The van der Waals surface area contributed by atoms with Gasteiger partial charge in [0.15, 0.2) is 6.20 Å². The molecule has 0 atom stereocenters. The van der Waals surface area contributed by atoms with Gasteiger partial charge in [0.2, 0.25) is 5.69 Å². The molecule has 0 radical (unpaired) electrons. The highest BCUT2D eigenvalue weighted by Crippen LogP contribution is 2.38. The summed E-state index contributed by atoms with van der Waals surface area (Å²) in [6.07, 6.45) is 1.81. The summed E-state index contributed by atoms with van der Waals surface area (Å²) in [5.74, 6) is 0. The van der Waals surface area contributed by atoms with E-state index in [0.717, 1.165) is 44.3 Å². The number of hydrogen-bond acceptors (Lipinski definition) is 2. The molecule has 3 heteroatoms. The molecule has 2 aromatic carbocycles. The molecule has 0 aliphatic rings. The third-order valence-electron chi connectivity index (χ3n) is 4.47. The zero-order chi connectivity index (χ0) is 17.7. The zero-order valence-electron chi connectivity index (χ0n) is 14.8. The van der Waals surface area contributed by atoms with Crippen LogP contribution in [0, 0.1) is 25.2 Å². The van der Waals surface area contributed by atoms with Crippen molar-refractivity contribution in [1.29, 1.82) is 5.26 Å². The lowest BCUT2D eigenvalue weighted by Gasteiger charge is -2.06. The van der Waals surface area contributed by atoms with E-state index in [1.165, 1.54) is 0 Å². The molecule has 4 rings (SSSR count). The standard InChI is InChI=1S/C21H17N2O/c1-13-9-10-23(3)17(11-13)19-14(2)7-8-16-20-15(12-22)5-4-6-18(20)24-21(16)19/h4-11H,1-3H3/q+1/i9D. The molecule has 2 heterocycles. The second-order valence-electron chi connectivity index (χ2n) is 6.12. The van der Waals surface area contributed by atoms with Crippen molar-refractivity contribution < 1.29 is 10.4 Å². The average molecular weight is 314 g/mol. The number of aryl methyl sites for hydroxylation is 3. The SMILES string of the molecule is [2H]c1c[n+](C)c(-c2c(C)ccc3c2oc2cccc(C#N)c23)cc1C. The molecule has 0 fully saturated rings. The summed E-state index contributed by atoms with van der Waals surface area (Å²) >= 11 is 0. The van der Waals surface area contributed by atoms with Crippen molar-refractivity contribution in [2.24, 2.45) is 7.05 Å². The molecule has 0 aliphatic carbocycles. The summed E-state index contributed by atoms with van der Waals surface area (Å²) in [7, 11) is 1.94. The summed E-state index contributed by atoms with van der Waals surface area (Å²) in [5.41, 5.74) is 6.13. The van der Waals surface area contributed by atoms with E-state index in [9.17, 15) is 5.26 Å². The van der Waals surface area contributed by atoms with E-state index in [1.54, 1.807) is 0 Å². The van der Waals surface area contributed by atoms with Crippen molar-refractivity contribution in [3.05, 3.63) is 65.3 Å². The molecule has 3 nitrogen and oxygen atoms in total. The van der Waals surface area contributed by atoms with Gasteiger partial charge in [0.25, 0.3) is 0 Å². The van der Waals surface area contributed by atoms with Gasteiger partial charge in [-0.2, -0.15) is 5.26 Å². The van der Waals surface area contributed by atoms with Crippen molar-refractivity contribution in [3.8, 4) is 17.3 Å². The van der Waals surface area contributed by atoms with Crippen LogP contribution < -0.4 is 4.57 Å². The summed E-state index contributed by atoms with van der Waals surface area (Å²) in [4.78, 5) is 0. The van der Waals surface area contributed by atoms with Crippen LogP contribution in [0.1, 0.15) is 18.1 Å². The maximum absolute atomic E-state index is 9.45. The summed E-state index contributed by atoms with van der Waals surface area (Å²) in [6.45, 7) is 3.99. The van der Waals surface area contributed by atoms with E-state index in [4.69, 9.17) is 5.79 Å². The van der Waals surface area contributed by atoms with Crippen LogP contribution in [0.3, 0.4) is 0 Å². The van der Waals surface area contributed by atoms with Gasteiger partial charge in [0, 0.05) is 22.9 Å². The van der Waals surface area contributed by atoms with Gasteiger partial charge in [0.05, 0.1) is 18.6 Å². The fourth-order valence-electron chi connectivity index (χ4n) is 3.26. The van der Waals surface area contributed by atoms with Crippen molar-refractivity contribution >= 4 is 21.9 Å². The third kappa shape index (κ3) is 2.00. The van der Waals surface area contributed by atoms with Gasteiger partial charge in [0.1, 0.15) is 18.2 Å². The summed E-state index contributed by atoms with van der Waals surface area (Å²) in [6, 6.07) is 14.4. The Kier molecular flexibility index (Phi) is 2.89. The molecular formula is C21H17N2O+. The number of nitrogens with zero attached hydrogens (tertiary/aromatic N) is 2. The maximum Gasteiger partial charge on any atom is 0.216 e. The average Bonchev–Trinajstić information content (AvgIpc) is 2.97. The minimum absolute atomic E-state index is 0.507. The van der Waals surface area contributed by atoms with Crippen LogP contribution in [-0.2, 0) is 7.05 Å². The maximum atomic E-state index is 9.45. The lowest BCUT2D eigenvalue weighted by Crippen LogP contribution is -2.30. The number of rotatable bonds is 1. The Labute approximate surface area is 141 Å². The molecule has 24 heavy (non-hydrogen) atoms. The highest BCUT2D eigenvalue weighted by atomic mass is 16.3. The molecule has 0 amide bonds. The smallest absolute Gasteiger partial charge is 0.216 e. The first-order chi connectivity index (χ1) is 12.0. The molecule has 116 valence electrons. The Morgan fingerprint density at radius 2 is 2.04 bits per heavy atom. The quantitative estimate of drug-likeness (QED) is 0.483. The fourth-order valence-corrected chi connectivity index (χ4v) is 3.26. The predicted octanol–water partition coefficient (Wildman–Crippen LogP) is 4.57. The van der Waals surface area contributed by atoms with Crippen LogP contribution in [-0.4, -0.2) is 0 Å². The van der Waals surface area contributed by atoms with Crippen LogP contribution in [0.4, 0.5) is 0 Å². The van der Waals surface area contributed by atoms with Gasteiger partial charge in [-0.05, 0) is 37.1 Å². The first kappa shape index (κ1) is 13.3. The number of benzene rings is 2. The molecule has 0 aliphatic heterocycles. The number of fused-ring (bicyclic) bond motifs is 3. The predicted molar refractivity (Wildman–Crippen MR) is 94.5 cm³/mol. The molecular weight excluding hydrogens is 296 g/mol. The Morgan fingerprint density at radius 1 is 1.21 bits per heavy atom. The minimum Gasteiger partial charge on any atom is -0.455 e. The van der Waals surface area contributed by atoms with E-state index in [0.29, 0.717) is 11.6 Å². The highest BCUT2D eigenvalue weighted by Gasteiger charge is 2.21. The van der Waals surface area contributed by atoms with Gasteiger partial charge >= 0.3 is 0 Å². The summed E-state index contributed by atoms with van der Waals surface area (Å²) < 4.78 is 16.1. The van der Waals surface area contributed by atoms with E-state index in [-0.39, 0.29) is 0 Å². The number of aromatic nitrogens is 1. The lowest BCUT2D eigenvalue weighted by atomic mass is 9.99. The summed E-state index contributed by atoms with van der Waals surface area (Å²) in [5, 5.41) is 11.3. The molecule has 0 N–H and O–H groups in total. The zero-order valence-corrected chi connectivity index (χ0v) is 13.8. The second-order valence-corrected chi connectivity index (χ2v) is 6.12. The second kappa shape index (κ2) is 5.21. The number of furan rings is 1. The molecule has 0 unspecified atom stereocenters. The highest BCUT2D eigenvalue weighted by molar-refractivity contribution is 6.11. The van der Waals surface area contributed by atoms with Crippen molar-refractivity contribution in [3.63, 3.8) is 0 Å². The fraction of sp³-hybridized carbons (Fsp3) is 0.143. The van der Waals surface area contributed by atoms with Crippen LogP contribution in [0.5, 0.6) is 0 Å². The van der Waals surface area contributed by atoms with Gasteiger partial charge in [-0.3, -0.25) is 0 Å². The molecule has 0 saturated heterocycles. The van der Waals surface area contributed by atoms with Crippen molar-refractivity contribution in [2.75, 3.05) is 0 Å². The molecule has 0 spiro atoms. The molecule has 2 aromatic heterocycles. The first-order valence-electron chi connectivity index (χ1n) is 8.33. The topological polar surface area (TPSA) is 40.8 Å². The minimum atomic E-state index is 0.507. The van der Waals surface area contributed by atoms with Crippen LogP contribution >= 0.6 is 0 Å². The Bertz CT molecular complexity index is 1200. The molecule has 4 aromatic rings. The largest absolute Gasteiger partial charge is 0.455 e. The number of hydrogen-bond donors (Lipinski definition) is 0. The first-order valence-corrected chi connectivity index (χ1v) is 7.83. The van der Waals surface area contributed by atoms with Crippen molar-refractivity contribution in [1.82, 2.24) is 0 Å². The third-order valence-corrected chi connectivity index (χ3v) is 4.47. The van der Waals surface area contributed by atoms with E-state index in [1.807, 2.05) is 55.1 Å². The van der Waals surface area contributed by atoms with E-state index >= 15 is 0 Å².